The first-order valence-electron chi connectivity index (χ1n) is 5.70. The van der Waals surface area contributed by atoms with E-state index in [9.17, 15) is 13.2 Å². The molecule has 0 spiro atoms. The summed E-state index contributed by atoms with van der Waals surface area (Å²) >= 11 is 0. The van der Waals surface area contributed by atoms with Crippen LogP contribution < -0.4 is 5.73 Å². The minimum Gasteiger partial charge on any atom is -0.329 e. The van der Waals surface area contributed by atoms with E-state index < -0.39 is 17.5 Å². The van der Waals surface area contributed by atoms with Gasteiger partial charge in [-0.15, -0.1) is 0 Å². The van der Waals surface area contributed by atoms with Gasteiger partial charge in [-0.05, 0) is 24.6 Å². The number of fused-ring (bicyclic) bond motifs is 1. The topological polar surface area (TPSA) is 29.3 Å². The molecule has 0 radical (unpaired) electrons. The number of benzene rings is 1. The van der Waals surface area contributed by atoms with Crippen molar-refractivity contribution in [3.63, 3.8) is 0 Å². The SMILES string of the molecule is CCCN1Cc2c(cc(F)c(F)c2F)C1CN. The summed E-state index contributed by atoms with van der Waals surface area (Å²) in [4.78, 5) is 1.95. The summed E-state index contributed by atoms with van der Waals surface area (Å²) in [6.45, 7) is 3.30. The van der Waals surface area contributed by atoms with Crippen LogP contribution in [0.5, 0.6) is 0 Å². The van der Waals surface area contributed by atoms with Crippen molar-refractivity contribution in [2.45, 2.75) is 25.9 Å². The minimum absolute atomic E-state index is 0.213. The molecule has 0 bridgehead atoms. The fourth-order valence-corrected chi connectivity index (χ4v) is 2.42. The molecule has 5 heteroatoms. The molecule has 2 rings (SSSR count). The molecule has 0 aromatic heterocycles. The first-order valence-corrected chi connectivity index (χ1v) is 5.70. The Morgan fingerprint density at radius 3 is 2.65 bits per heavy atom. The van der Waals surface area contributed by atoms with Crippen LogP contribution in [0.15, 0.2) is 6.07 Å². The van der Waals surface area contributed by atoms with E-state index in [2.05, 4.69) is 0 Å². The molecule has 94 valence electrons. The van der Waals surface area contributed by atoms with Gasteiger partial charge in [0.05, 0.1) is 0 Å². The molecule has 1 heterocycles. The Bertz CT molecular complexity index is 434. The molecule has 1 aliphatic heterocycles. The molecule has 2 N–H and O–H groups in total. The lowest BCUT2D eigenvalue weighted by Gasteiger charge is -2.22. The number of nitrogens with zero attached hydrogens (tertiary/aromatic N) is 1. The summed E-state index contributed by atoms with van der Waals surface area (Å²) in [5.41, 5.74) is 6.35. The molecular weight excluding hydrogens is 229 g/mol. The monoisotopic (exact) mass is 244 g/mol. The van der Waals surface area contributed by atoms with Crippen LogP contribution in [-0.4, -0.2) is 18.0 Å². The fraction of sp³-hybridized carbons (Fsp3) is 0.500. The number of halogens is 3. The largest absolute Gasteiger partial charge is 0.329 e. The van der Waals surface area contributed by atoms with Crippen LogP contribution in [0.1, 0.15) is 30.5 Å². The second-order valence-corrected chi connectivity index (χ2v) is 4.28. The fourth-order valence-electron chi connectivity index (χ4n) is 2.42. The molecule has 0 saturated carbocycles. The van der Waals surface area contributed by atoms with Crippen molar-refractivity contribution in [2.24, 2.45) is 5.73 Å². The molecular formula is C12H15F3N2. The van der Waals surface area contributed by atoms with Crippen LogP contribution in [0, 0.1) is 17.5 Å². The first-order chi connectivity index (χ1) is 8.10. The second kappa shape index (κ2) is 4.66. The lowest BCUT2D eigenvalue weighted by Crippen LogP contribution is -2.28. The molecule has 0 aliphatic carbocycles. The highest BCUT2D eigenvalue weighted by Gasteiger charge is 2.33. The average molecular weight is 244 g/mol. The van der Waals surface area contributed by atoms with Gasteiger partial charge in [0.1, 0.15) is 0 Å². The third kappa shape index (κ3) is 1.93. The standard InChI is InChI=1S/C12H15F3N2/c1-2-3-17-6-8-7(10(17)5-16)4-9(13)12(15)11(8)14/h4,10H,2-3,5-6,16H2,1H3. The van der Waals surface area contributed by atoms with E-state index in [-0.39, 0.29) is 18.2 Å². The van der Waals surface area contributed by atoms with Gasteiger partial charge >= 0.3 is 0 Å². The third-order valence-corrected chi connectivity index (χ3v) is 3.19. The zero-order chi connectivity index (χ0) is 12.6. The number of nitrogens with two attached hydrogens (primary N) is 1. The smallest absolute Gasteiger partial charge is 0.194 e. The van der Waals surface area contributed by atoms with E-state index in [0.717, 1.165) is 19.0 Å². The third-order valence-electron chi connectivity index (χ3n) is 3.19. The zero-order valence-corrected chi connectivity index (χ0v) is 9.64. The van der Waals surface area contributed by atoms with E-state index in [1.54, 1.807) is 0 Å². The Kier molecular flexibility index (Phi) is 3.40. The molecule has 1 aromatic carbocycles. The van der Waals surface area contributed by atoms with Crippen molar-refractivity contribution in [3.05, 3.63) is 34.6 Å². The molecule has 2 nitrogen and oxygen atoms in total. The van der Waals surface area contributed by atoms with Gasteiger partial charge in [0.25, 0.3) is 0 Å². The minimum atomic E-state index is -1.39. The normalized spacial score (nSPS) is 19.7. The summed E-state index contributed by atoms with van der Waals surface area (Å²) < 4.78 is 39.9. The van der Waals surface area contributed by atoms with Crippen LogP contribution in [-0.2, 0) is 6.54 Å². The molecule has 0 amide bonds. The maximum Gasteiger partial charge on any atom is 0.194 e. The van der Waals surface area contributed by atoms with Crippen molar-refractivity contribution in [1.29, 1.82) is 0 Å². The summed E-state index contributed by atoms with van der Waals surface area (Å²) in [6, 6.07) is 0.857. The molecule has 17 heavy (non-hydrogen) atoms. The van der Waals surface area contributed by atoms with Crippen LogP contribution in [0.2, 0.25) is 0 Å². The maximum absolute atomic E-state index is 13.6. The quantitative estimate of drug-likeness (QED) is 0.827. The van der Waals surface area contributed by atoms with Gasteiger partial charge in [-0.3, -0.25) is 4.90 Å². The average Bonchev–Trinajstić information content (AvgIpc) is 2.64. The second-order valence-electron chi connectivity index (χ2n) is 4.28. The molecule has 1 unspecified atom stereocenters. The Balaban J connectivity index is 2.45. The van der Waals surface area contributed by atoms with E-state index in [1.165, 1.54) is 0 Å². The Morgan fingerprint density at radius 1 is 1.35 bits per heavy atom. The summed E-state index contributed by atoms with van der Waals surface area (Å²) in [7, 11) is 0. The van der Waals surface area contributed by atoms with Crippen LogP contribution in [0.25, 0.3) is 0 Å². The Morgan fingerprint density at radius 2 is 2.06 bits per heavy atom. The summed E-state index contributed by atoms with van der Waals surface area (Å²) in [5.74, 6) is -3.60. The van der Waals surface area contributed by atoms with Gasteiger partial charge in [-0.25, -0.2) is 13.2 Å². The van der Waals surface area contributed by atoms with E-state index in [1.807, 2.05) is 11.8 Å². The van der Waals surface area contributed by atoms with Gasteiger partial charge in [0.2, 0.25) is 0 Å². The van der Waals surface area contributed by atoms with E-state index >= 15 is 0 Å². The Hall–Kier alpha value is -1.07. The first kappa shape index (κ1) is 12.4. The van der Waals surface area contributed by atoms with Crippen molar-refractivity contribution in [3.8, 4) is 0 Å². The Labute approximate surface area is 98.2 Å². The van der Waals surface area contributed by atoms with E-state index in [4.69, 9.17) is 5.73 Å². The molecule has 1 aliphatic rings. The van der Waals surface area contributed by atoms with Gasteiger partial charge in [0.15, 0.2) is 17.5 Å². The molecule has 0 fully saturated rings. The zero-order valence-electron chi connectivity index (χ0n) is 9.64. The highest BCUT2D eigenvalue weighted by atomic mass is 19.2. The predicted molar refractivity (Wildman–Crippen MR) is 58.8 cm³/mol. The molecule has 1 atom stereocenters. The van der Waals surface area contributed by atoms with Gasteiger partial charge in [0, 0.05) is 24.7 Å². The summed E-state index contributed by atoms with van der Waals surface area (Å²) in [6.07, 6.45) is 0.886. The number of hydrogen-bond acceptors (Lipinski definition) is 2. The lowest BCUT2D eigenvalue weighted by atomic mass is 10.0. The lowest BCUT2D eigenvalue weighted by molar-refractivity contribution is 0.219. The highest BCUT2D eigenvalue weighted by Crippen LogP contribution is 2.36. The maximum atomic E-state index is 13.6. The number of hydrogen-bond donors (Lipinski definition) is 1. The summed E-state index contributed by atoms with van der Waals surface area (Å²) in [5, 5.41) is 0. The van der Waals surface area contributed by atoms with Crippen molar-refractivity contribution in [2.75, 3.05) is 13.1 Å². The highest BCUT2D eigenvalue weighted by molar-refractivity contribution is 5.37. The van der Waals surface area contributed by atoms with Crippen LogP contribution >= 0.6 is 0 Å². The molecule has 0 saturated heterocycles. The van der Waals surface area contributed by atoms with Gasteiger partial charge in [-0.2, -0.15) is 0 Å². The van der Waals surface area contributed by atoms with Crippen molar-refractivity contribution < 1.29 is 13.2 Å². The van der Waals surface area contributed by atoms with E-state index in [0.29, 0.717) is 12.1 Å². The number of rotatable bonds is 3. The van der Waals surface area contributed by atoms with Crippen LogP contribution in [0.4, 0.5) is 13.2 Å². The van der Waals surface area contributed by atoms with Crippen molar-refractivity contribution in [1.82, 2.24) is 4.90 Å². The van der Waals surface area contributed by atoms with Crippen molar-refractivity contribution >= 4 is 0 Å². The van der Waals surface area contributed by atoms with Gasteiger partial charge in [-0.1, -0.05) is 6.92 Å². The van der Waals surface area contributed by atoms with Crippen LogP contribution in [0.3, 0.4) is 0 Å². The molecule has 1 aromatic rings. The van der Waals surface area contributed by atoms with Gasteiger partial charge < -0.3 is 5.73 Å². The predicted octanol–water partition coefficient (Wildman–Crippen LogP) is 2.33.